The molecule has 1 unspecified atom stereocenters. The lowest BCUT2D eigenvalue weighted by Crippen LogP contribution is -2.30. The summed E-state index contributed by atoms with van der Waals surface area (Å²) in [6.45, 7) is 6.29. The van der Waals surface area contributed by atoms with Crippen molar-refractivity contribution in [2.45, 2.75) is 194 Å². The zero-order chi connectivity index (χ0) is 47.2. The molecule has 0 spiro atoms. The SMILES string of the molecule is CC/C=C/C=C/C=C/C=C/C=C/C=C/CCCCCC(=O)OCC(COC(=O)CC/C=C/C/C=C/CCCCCCCC)OC(=O)CCC/C=C/C/C=C/C/C=C/C/C=C/CCCCC. The van der Waals surface area contributed by atoms with Crippen LogP contribution in [0.25, 0.3) is 0 Å². The van der Waals surface area contributed by atoms with Crippen LogP contribution in [-0.4, -0.2) is 37.2 Å². The predicted octanol–water partition coefficient (Wildman–Crippen LogP) is 16.9. The van der Waals surface area contributed by atoms with Crippen LogP contribution in [0, 0.1) is 0 Å². The van der Waals surface area contributed by atoms with Crippen LogP contribution >= 0.6 is 0 Å². The number of ether oxygens (including phenoxy) is 3. The van der Waals surface area contributed by atoms with Crippen LogP contribution in [-0.2, 0) is 28.6 Å². The van der Waals surface area contributed by atoms with E-state index < -0.39 is 12.1 Å². The molecule has 0 amide bonds. The minimum absolute atomic E-state index is 0.147. The first-order valence-electron chi connectivity index (χ1n) is 25.4. The molecule has 1 atom stereocenters. The normalized spacial score (nSPS) is 13.3. The third kappa shape index (κ3) is 50.2. The Bertz CT molecular complexity index is 1490. The summed E-state index contributed by atoms with van der Waals surface area (Å²) in [5, 5.41) is 0. The van der Waals surface area contributed by atoms with E-state index in [9.17, 15) is 14.4 Å². The van der Waals surface area contributed by atoms with Crippen molar-refractivity contribution in [3.8, 4) is 0 Å². The first-order valence-corrected chi connectivity index (χ1v) is 25.4. The van der Waals surface area contributed by atoms with Crippen LogP contribution in [0.4, 0.5) is 0 Å². The molecule has 6 heteroatoms. The van der Waals surface area contributed by atoms with Crippen LogP contribution < -0.4 is 0 Å². The van der Waals surface area contributed by atoms with Crippen molar-refractivity contribution >= 4 is 17.9 Å². The molecule has 362 valence electrons. The van der Waals surface area contributed by atoms with Gasteiger partial charge in [-0.1, -0.05) is 218 Å². The van der Waals surface area contributed by atoms with E-state index in [1.54, 1.807) is 0 Å². The van der Waals surface area contributed by atoms with Crippen LogP contribution in [0.2, 0.25) is 0 Å². The van der Waals surface area contributed by atoms with Gasteiger partial charge in [0.2, 0.25) is 0 Å². The van der Waals surface area contributed by atoms with Gasteiger partial charge in [0.1, 0.15) is 13.2 Å². The van der Waals surface area contributed by atoms with Gasteiger partial charge in [0.25, 0.3) is 0 Å². The van der Waals surface area contributed by atoms with Crippen LogP contribution in [0.1, 0.15) is 188 Å². The highest BCUT2D eigenvalue weighted by Crippen LogP contribution is 2.10. The first-order chi connectivity index (χ1) is 32.0. The molecule has 0 saturated carbocycles. The van der Waals surface area contributed by atoms with E-state index in [0.29, 0.717) is 19.3 Å². The number of carbonyl (C=O) groups is 3. The van der Waals surface area contributed by atoms with E-state index in [4.69, 9.17) is 14.2 Å². The molecule has 0 saturated heterocycles. The van der Waals surface area contributed by atoms with Gasteiger partial charge in [0.15, 0.2) is 6.10 Å². The molecule has 0 aliphatic heterocycles. The van der Waals surface area contributed by atoms with Crippen molar-refractivity contribution in [2.24, 2.45) is 0 Å². The first kappa shape index (κ1) is 60.3. The molecule has 0 radical (unpaired) electrons. The topological polar surface area (TPSA) is 78.9 Å². The second kappa shape index (κ2) is 51.9. The maximum absolute atomic E-state index is 12.8. The fourth-order valence-corrected chi connectivity index (χ4v) is 6.16. The van der Waals surface area contributed by atoms with E-state index >= 15 is 0 Å². The molecule has 0 heterocycles. The molecule has 0 bridgehead atoms. The summed E-state index contributed by atoms with van der Waals surface area (Å²) in [5.74, 6) is -1.13. The lowest BCUT2D eigenvalue weighted by molar-refractivity contribution is -0.166. The highest BCUT2D eigenvalue weighted by molar-refractivity contribution is 5.71. The molecule has 0 aromatic carbocycles. The predicted molar refractivity (Wildman–Crippen MR) is 279 cm³/mol. The highest BCUT2D eigenvalue weighted by Gasteiger charge is 2.19. The summed E-state index contributed by atoms with van der Waals surface area (Å²) in [6.07, 6.45) is 74.1. The number of esters is 3. The van der Waals surface area contributed by atoms with Gasteiger partial charge in [-0.25, -0.2) is 0 Å². The van der Waals surface area contributed by atoms with Gasteiger partial charge in [0, 0.05) is 19.3 Å². The summed E-state index contributed by atoms with van der Waals surface area (Å²) >= 11 is 0. The standard InChI is InChI=1S/C59H90O6/c1-4-7-10-13-16-19-22-25-27-29-31-34-37-40-43-46-49-52-58(61)64-55-56(54-63-57(60)51-48-45-42-39-36-33-24-21-18-15-12-9-6-3)65-59(62)53-50-47-44-41-38-35-32-30-28-26-23-20-17-14-11-8-5-2/h7,10,13,16-17,19-20,22,25-29,31-37,41-42,44-45,56H,4-6,8-9,11-12,14-15,18,21,23-24,30,38-40,43,46-55H2,1-3H3/b10-7+,16-13+,20-17+,22-19+,27-25+,28-26+,31-29+,35-32+,36-33+,37-34+,44-41+,45-42+. The number of hydrogen-bond donors (Lipinski definition) is 0. The Labute approximate surface area is 397 Å². The van der Waals surface area contributed by atoms with Crippen molar-refractivity contribution in [3.05, 3.63) is 146 Å². The fraction of sp³-hybridized carbons (Fsp3) is 0.542. The Hall–Kier alpha value is -4.71. The zero-order valence-corrected chi connectivity index (χ0v) is 41.2. The second-order valence-corrected chi connectivity index (χ2v) is 16.1. The van der Waals surface area contributed by atoms with E-state index in [1.807, 2.05) is 66.8 Å². The second-order valence-electron chi connectivity index (χ2n) is 16.1. The number of unbranched alkanes of at least 4 members (excludes halogenated alkanes) is 13. The average Bonchev–Trinajstić information content (AvgIpc) is 3.30. The monoisotopic (exact) mass is 895 g/mol. The largest absolute Gasteiger partial charge is 0.462 e. The summed E-state index contributed by atoms with van der Waals surface area (Å²) in [7, 11) is 0. The smallest absolute Gasteiger partial charge is 0.306 e. The highest BCUT2D eigenvalue weighted by atomic mass is 16.6. The molecule has 0 N–H and O–H groups in total. The Balaban J connectivity index is 4.67. The number of allylic oxidation sites excluding steroid dienone is 24. The van der Waals surface area contributed by atoms with Gasteiger partial charge in [-0.3, -0.25) is 14.4 Å². The Kier molecular flexibility index (Phi) is 48.2. The zero-order valence-electron chi connectivity index (χ0n) is 41.2. The van der Waals surface area contributed by atoms with Crippen molar-refractivity contribution < 1.29 is 28.6 Å². The average molecular weight is 895 g/mol. The molecule has 0 aliphatic carbocycles. The lowest BCUT2D eigenvalue weighted by Gasteiger charge is -2.18. The molecule has 0 rings (SSSR count). The molecular weight excluding hydrogens is 805 g/mol. The van der Waals surface area contributed by atoms with Crippen LogP contribution in [0.15, 0.2) is 146 Å². The van der Waals surface area contributed by atoms with Crippen molar-refractivity contribution in [1.82, 2.24) is 0 Å². The molecule has 65 heavy (non-hydrogen) atoms. The summed E-state index contributed by atoms with van der Waals surface area (Å²) in [4.78, 5) is 37.9. The van der Waals surface area contributed by atoms with Crippen molar-refractivity contribution in [1.29, 1.82) is 0 Å². The van der Waals surface area contributed by atoms with E-state index in [0.717, 1.165) is 64.2 Å². The van der Waals surface area contributed by atoms with Gasteiger partial charge < -0.3 is 14.2 Å². The van der Waals surface area contributed by atoms with Crippen LogP contribution in [0.3, 0.4) is 0 Å². The fourth-order valence-electron chi connectivity index (χ4n) is 6.16. The van der Waals surface area contributed by atoms with Gasteiger partial charge >= 0.3 is 17.9 Å². The Morgan fingerprint density at radius 3 is 1.25 bits per heavy atom. The molecule has 6 nitrogen and oxygen atoms in total. The summed E-state index contributed by atoms with van der Waals surface area (Å²) in [6, 6.07) is 0. The van der Waals surface area contributed by atoms with Gasteiger partial charge in [-0.15, -0.1) is 0 Å². The van der Waals surface area contributed by atoms with Crippen LogP contribution in [0.5, 0.6) is 0 Å². The number of carbonyl (C=O) groups excluding carboxylic acids is 3. The molecule has 0 aromatic rings. The van der Waals surface area contributed by atoms with Crippen molar-refractivity contribution in [3.63, 3.8) is 0 Å². The minimum atomic E-state index is -0.854. The van der Waals surface area contributed by atoms with E-state index in [2.05, 4.69) is 99.8 Å². The quantitative estimate of drug-likeness (QED) is 0.0199. The van der Waals surface area contributed by atoms with Gasteiger partial charge in [-0.05, 0) is 96.3 Å². The minimum Gasteiger partial charge on any atom is -0.462 e. The Morgan fingerprint density at radius 1 is 0.338 bits per heavy atom. The van der Waals surface area contributed by atoms with Gasteiger partial charge in [-0.2, -0.15) is 0 Å². The van der Waals surface area contributed by atoms with E-state index in [-0.39, 0.29) is 44.4 Å². The molecule has 0 fully saturated rings. The number of rotatable bonds is 43. The summed E-state index contributed by atoms with van der Waals surface area (Å²) in [5.41, 5.74) is 0. The van der Waals surface area contributed by atoms with Crippen molar-refractivity contribution in [2.75, 3.05) is 13.2 Å². The summed E-state index contributed by atoms with van der Waals surface area (Å²) < 4.78 is 16.6. The maximum atomic E-state index is 12.8. The third-order valence-corrected chi connectivity index (χ3v) is 9.97. The molecular formula is C59H90O6. The molecule has 0 aromatic heterocycles. The lowest BCUT2D eigenvalue weighted by atomic mass is 10.1. The molecule has 0 aliphatic rings. The maximum Gasteiger partial charge on any atom is 0.306 e. The third-order valence-electron chi connectivity index (χ3n) is 9.97. The van der Waals surface area contributed by atoms with E-state index in [1.165, 1.54) is 64.2 Å². The van der Waals surface area contributed by atoms with Gasteiger partial charge in [0.05, 0.1) is 0 Å². The Morgan fingerprint density at radius 2 is 0.708 bits per heavy atom. The number of hydrogen-bond acceptors (Lipinski definition) is 6.